The number of carbonyl (C=O) groups is 1. The van der Waals surface area contributed by atoms with E-state index < -0.39 is 0 Å². The third kappa shape index (κ3) is 1.43. The number of fused-ring (bicyclic) bond motifs is 2. The van der Waals surface area contributed by atoms with E-state index in [1.54, 1.807) is 12.4 Å². The second kappa shape index (κ2) is 3.59. The molecule has 2 unspecified atom stereocenters. The predicted molar refractivity (Wildman–Crippen MR) is 56.8 cm³/mol. The van der Waals surface area contributed by atoms with Crippen molar-refractivity contribution in [3.63, 3.8) is 0 Å². The highest BCUT2D eigenvalue weighted by Crippen LogP contribution is 2.36. The largest absolute Gasteiger partial charge is 0.393 e. The van der Waals surface area contributed by atoms with E-state index in [0.29, 0.717) is 5.56 Å². The van der Waals surface area contributed by atoms with Crippen LogP contribution in [0.2, 0.25) is 0 Å². The Hall–Kier alpha value is -1.36. The quantitative estimate of drug-likeness (QED) is 0.727. The van der Waals surface area contributed by atoms with Gasteiger partial charge in [-0.1, -0.05) is 0 Å². The Morgan fingerprint density at radius 3 is 2.69 bits per heavy atom. The summed E-state index contributed by atoms with van der Waals surface area (Å²) in [5, 5.41) is 16.1. The Labute approximate surface area is 93.5 Å². The molecule has 3 rings (SSSR count). The first-order chi connectivity index (χ1) is 7.75. The Kier molecular flexibility index (Phi) is 2.21. The van der Waals surface area contributed by atoms with Gasteiger partial charge in [-0.25, -0.2) is 0 Å². The summed E-state index contributed by atoms with van der Waals surface area (Å²) in [6, 6.07) is 0.437. The second-order valence-electron chi connectivity index (χ2n) is 4.71. The smallest absolute Gasteiger partial charge is 0.257 e. The van der Waals surface area contributed by atoms with Crippen molar-refractivity contribution < 1.29 is 9.90 Å². The normalized spacial score (nSPS) is 33.1. The van der Waals surface area contributed by atoms with Crippen LogP contribution in [0.15, 0.2) is 12.4 Å². The molecule has 2 aliphatic rings. The van der Waals surface area contributed by atoms with Gasteiger partial charge in [-0.05, 0) is 25.7 Å². The minimum absolute atomic E-state index is 0.0492. The molecule has 1 amide bonds. The predicted octanol–water partition coefficient (Wildman–Crippen LogP) is 0.538. The molecule has 0 spiro atoms. The van der Waals surface area contributed by atoms with Crippen LogP contribution in [0.1, 0.15) is 36.0 Å². The Morgan fingerprint density at radius 2 is 2.12 bits per heavy atom. The molecular weight excluding hydrogens is 206 g/mol. The summed E-state index contributed by atoms with van der Waals surface area (Å²) in [5.74, 6) is 0.0492. The summed E-state index contributed by atoms with van der Waals surface area (Å²) in [4.78, 5) is 14.2. The molecule has 86 valence electrons. The van der Waals surface area contributed by atoms with E-state index in [4.69, 9.17) is 0 Å². The van der Waals surface area contributed by atoms with Gasteiger partial charge in [0.2, 0.25) is 0 Å². The number of aliphatic hydroxyl groups is 1. The van der Waals surface area contributed by atoms with Crippen molar-refractivity contribution in [2.24, 2.45) is 0 Å². The van der Waals surface area contributed by atoms with Crippen molar-refractivity contribution in [2.45, 2.75) is 43.9 Å². The summed E-state index contributed by atoms with van der Waals surface area (Å²) in [6.07, 6.45) is 6.45. The minimum Gasteiger partial charge on any atom is -0.393 e. The maximum absolute atomic E-state index is 12.2. The van der Waals surface area contributed by atoms with E-state index in [1.165, 1.54) is 0 Å². The van der Waals surface area contributed by atoms with E-state index in [0.717, 1.165) is 25.7 Å². The average Bonchev–Trinajstić information content (AvgIpc) is 2.85. The molecule has 2 bridgehead atoms. The fraction of sp³-hybridized carbons (Fsp3) is 0.636. The van der Waals surface area contributed by atoms with Crippen LogP contribution in [-0.2, 0) is 0 Å². The molecule has 2 aliphatic heterocycles. The van der Waals surface area contributed by atoms with Crippen molar-refractivity contribution in [3.05, 3.63) is 18.0 Å². The SMILES string of the molecule is O=C(c1cn[nH]c1)N1C2CCC1CC(O)C2. The van der Waals surface area contributed by atoms with Gasteiger partial charge in [0.05, 0.1) is 17.9 Å². The number of nitrogens with zero attached hydrogens (tertiary/aromatic N) is 2. The lowest BCUT2D eigenvalue weighted by atomic mass is 9.99. The standard InChI is InChI=1S/C11H15N3O2/c15-10-3-8-1-2-9(4-10)14(8)11(16)7-5-12-13-6-7/h5-6,8-10,15H,1-4H2,(H,12,13). The number of hydrogen-bond donors (Lipinski definition) is 2. The third-order valence-corrected chi connectivity index (χ3v) is 3.69. The molecule has 1 aromatic rings. The third-order valence-electron chi connectivity index (χ3n) is 3.69. The molecular formula is C11H15N3O2. The van der Waals surface area contributed by atoms with Crippen LogP contribution < -0.4 is 0 Å². The van der Waals surface area contributed by atoms with Gasteiger partial charge in [0.1, 0.15) is 0 Å². The maximum Gasteiger partial charge on any atom is 0.257 e. The number of rotatable bonds is 1. The Morgan fingerprint density at radius 1 is 1.44 bits per heavy atom. The van der Waals surface area contributed by atoms with Gasteiger partial charge in [0, 0.05) is 18.3 Å². The molecule has 5 nitrogen and oxygen atoms in total. The van der Waals surface area contributed by atoms with E-state index in [-0.39, 0.29) is 24.1 Å². The van der Waals surface area contributed by atoms with Crippen LogP contribution >= 0.6 is 0 Å². The average molecular weight is 221 g/mol. The number of hydrogen-bond acceptors (Lipinski definition) is 3. The van der Waals surface area contributed by atoms with Crippen LogP contribution in [0.25, 0.3) is 0 Å². The van der Waals surface area contributed by atoms with Gasteiger partial charge in [0.25, 0.3) is 5.91 Å². The number of aromatic amines is 1. The molecule has 1 aromatic heterocycles. The summed E-state index contributed by atoms with van der Waals surface area (Å²) in [7, 11) is 0. The van der Waals surface area contributed by atoms with Gasteiger partial charge < -0.3 is 10.0 Å². The first kappa shape index (κ1) is 9.84. The second-order valence-corrected chi connectivity index (χ2v) is 4.71. The van der Waals surface area contributed by atoms with E-state index in [1.807, 2.05) is 4.90 Å². The topological polar surface area (TPSA) is 69.2 Å². The molecule has 0 aromatic carbocycles. The molecule has 0 radical (unpaired) electrons. The van der Waals surface area contributed by atoms with Crippen LogP contribution in [0.3, 0.4) is 0 Å². The van der Waals surface area contributed by atoms with Gasteiger partial charge >= 0.3 is 0 Å². The fourth-order valence-corrected chi connectivity index (χ4v) is 3.00. The molecule has 5 heteroatoms. The first-order valence-corrected chi connectivity index (χ1v) is 5.75. The first-order valence-electron chi connectivity index (χ1n) is 5.75. The molecule has 0 aliphatic carbocycles. The van der Waals surface area contributed by atoms with Crippen molar-refractivity contribution in [1.29, 1.82) is 0 Å². The summed E-state index contributed by atoms with van der Waals surface area (Å²) in [5.41, 5.74) is 0.619. The van der Waals surface area contributed by atoms with Crippen molar-refractivity contribution in [2.75, 3.05) is 0 Å². The van der Waals surface area contributed by atoms with Crippen LogP contribution in [0, 0.1) is 0 Å². The highest BCUT2D eigenvalue weighted by molar-refractivity contribution is 5.94. The molecule has 2 N–H and O–H groups in total. The number of aliphatic hydroxyl groups excluding tert-OH is 1. The molecule has 0 saturated carbocycles. The minimum atomic E-state index is -0.231. The number of aromatic nitrogens is 2. The monoisotopic (exact) mass is 221 g/mol. The summed E-state index contributed by atoms with van der Waals surface area (Å²) in [6.45, 7) is 0. The van der Waals surface area contributed by atoms with E-state index >= 15 is 0 Å². The molecule has 2 atom stereocenters. The van der Waals surface area contributed by atoms with Gasteiger partial charge in [0.15, 0.2) is 0 Å². The van der Waals surface area contributed by atoms with Crippen molar-refractivity contribution in [1.82, 2.24) is 15.1 Å². The number of nitrogens with one attached hydrogen (secondary N) is 1. The zero-order chi connectivity index (χ0) is 11.1. The fourth-order valence-electron chi connectivity index (χ4n) is 3.00. The maximum atomic E-state index is 12.2. The van der Waals surface area contributed by atoms with Crippen LogP contribution in [0.5, 0.6) is 0 Å². The van der Waals surface area contributed by atoms with Crippen molar-refractivity contribution >= 4 is 5.91 Å². The highest BCUT2D eigenvalue weighted by atomic mass is 16.3. The van der Waals surface area contributed by atoms with E-state index in [2.05, 4.69) is 10.2 Å². The van der Waals surface area contributed by atoms with Crippen LogP contribution in [0.4, 0.5) is 0 Å². The molecule has 16 heavy (non-hydrogen) atoms. The summed E-state index contributed by atoms with van der Waals surface area (Å²) < 4.78 is 0. The van der Waals surface area contributed by atoms with Gasteiger partial charge in [-0.3, -0.25) is 9.89 Å². The van der Waals surface area contributed by atoms with Gasteiger partial charge in [-0.15, -0.1) is 0 Å². The number of H-pyrrole nitrogens is 1. The number of piperidine rings is 1. The Bertz CT molecular complexity index is 376. The zero-order valence-corrected chi connectivity index (χ0v) is 8.97. The molecule has 2 saturated heterocycles. The lowest BCUT2D eigenvalue weighted by molar-refractivity contribution is 0.0287. The lowest BCUT2D eigenvalue weighted by Crippen LogP contribution is -2.47. The number of amides is 1. The Balaban J connectivity index is 1.84. The van der Waals surface area contributed by atoms with E-state index in [9.17, 15) is 9.90 Å². The lowest BCUT2D eigenvalue weighted by Gasteiger charge is -2.36. The zero-order valence-electron chi connectivity index (χ0n) is 8.97. The highest BCUT2D eigenvalue weighted by Gasteiger charge is 2.42. The van der Waals surface area contributed by atoms with Gasteiger partial charge in [-0.2, -0.15) is 5.10 Å². The molecule has 3 heterocycles. The van der Waals surface area contributed by atoms with Crippen LogP contribution in [-0.4, -0.2) is 44.3 Å². The molecule has 2 fully saturated rings. The summed E-state index contributed by atoms with van der Waals surface area (Å²) >= 11 is 0. The van der Waals surface area contributed by atoms with Crippen molar-refractivity contribution in [3.8, 4) is 0 Å². The number of carbonyl (C=O) groups excluding carboxylic acids is 1.